The second kappa shape index (κ2) is 6.78. The van der Waals surface area contributed by atoms with E-state index >= 15 is 0 Å². The summed E-state index contributed by atoms with van der Waals surface area (Å²) >= 11 is 5.88. The number of halogens is 1. The van der Waals surface area contributed by atoms with Crippen LogP contribution in [0.1, 0.15) is 5.56 Å². The van der Waals surface area contributed by atoms with Crippen molar-refractivity contribution in [2.75, 3.05) is 0 Å². The van der Waals surface area contributed by atoms with Crippen LogP contribution in [0.15, 0.2) is 51.7 Å². The smallest absolute Gasteiger partial charge is 0.408 e. The Balaban J connectivity index is 1.78. The zero-order valence-corrected chi connectivity index (χ0v) is 13.5. The normalized spacial score (nSPS) is 10.8. The van der Waals surface area contributed by atoms with Crippen molar-refractivity contribution < 1.29 is 14.1 Å². The first-order chi connectivity index (χ1) is 11.9. The molecule has 2 aromatic carbocycles. The Hall–Kier alpha value is -3.13. The van der Waals surface area contributed by atoms with Gasteiger partial charge in [0, 0.05) is 23.7 Å². The first-order valence-electron chi connectivity index (χ1n) is 7.23. The zero-order chi connectivity index (χ0) is 18.0. The standard InChI is InChI=1S/C16H12ClN3O5/c17-11-3-1-2-10(6-11)8-18-15(21)9-19-13-7-12(20(23)24)4-5-14(13)25-16(19)22/h1-7H,8-9H2,(H,18,21). The Morgan fingerprint density at radius 1 is 1.28 bits per heavy atom. The maximum atomic E-state index is 12.1. The molecule has 1 aromatic heterocycles. The molecule has 0 radical (unpaired) electrons. The van der Waals surface area contributed by atoms with Gasteiger partial charge in [0.25, 0.3) is 5.69 Å². The molecule has 25 heavy (non-hydrogen) atoms. The lowest BCUT2D eigenvalue weighted by molar-refractivity contribution is -0.384. The molecule has 3 rings (SSSR count). The van der Waals surface area contributed by atoms with Gasteiger partial charge < -0.3 is 9.73 Å². The van der Waals surface area contributed by atoms with Crippen LogP contribution in [0, 0.1) is 10.1 Å². The minimum absolute atomic E-state index is 0.179. The van der Waals surface area contributed by atoms with Gasteiger partial charge in [0.05, 0.1) is 10.4 Å². The number of nitrogens with zero attached hydrogens (tertiary/aromatic N) is 2. The molecule has 0 aliphatic carbocycles. The molecule has 1 N–H and O–H groups in total. The second-order valence-corrected chi connectivity index (χ2v) is 5.71. The van der Waals surface area contributed by atoms with Gasteiger partial charge in [-0.2, -0.15) is 0 Å². The van der Waals surface area contributed by atoms with Crippen molar-refractivity contribution in [2.45, 2.75) is 13.1 Å². The van der Waals surface area contributed by atoms with Crippen molar-refractivity contribution in [3.05, 3.63) is 73.7 Å². The first-order valence-corrected chi connectivity index (χ1v) is 7.61. The number of carbonyl (C=O) groups is 1. The Labute approximate surface area is 145 Å². The molecule has 8 nitrogen and oxygen atoms in total. The molecule has 1 heterocycles. The van der Waals surface area contributed by atoms with E-state index in [0.717, 1.165) is 10.1 Å². The molecular weight excluding hydrogens is 350 g/mol. The summed E-state index contributed by atoms with van der Waals surface area (Å²) in [6.45, 7) is -0.0718. The Bertz CT molecular complexity index is 1020. The van der Waals surface area contributed by atoms with E-state index in [0.29, 0.717) is 5.02 Å². The molecule has 0 saturated heterocycles. The van der Waals surface area contributed by atoms with Crippen molar-refractivity contribution in [2.24, 2.45) is 0 Å². The van der Waals surface area contributed by atoms with Crippen LogP contribution in [0.2, 0.25) is 5.02 Å². The van der Waals surface area contributed by atoms with E-state index in [1.165, 1.54) is 18.2 Å². The number of rotatable bonds is 5. The third kappa shape index (κ3) is 3.69. The number of nitro benzene ring substituents is 1. The number of hydrogen-bond acceptors (Lipinski definition) is 5. The summed E-state index contributed by atoms with van der Waals surface area (Å²) in [5, 5.41) is 14.1. The fourth-order valence-electron chi connectivity index (χ4n) is 2.36. The number of non-ortho nitro benzene ring substituents is 1. The van der Waals surface area contributed by atoms with Gasteiger partial charge in [0.1, 0.15) is 6.54 Å². The van der Waals surface area contributed by atoms with Crippen molar-refractivity contribution >= 4 is 34.3 Å². The maximum Gasteiger partial charge on any atom is 0.420 e. The van der Waals surface area contributed by atoms with E-state index in [2.05, 4.69) is 5.32 Å². The number of fused-ring (bicyclic) bond motifs is 1. The Kier molecular flexibility index (Phi) is 4.53. The van der Waals surface area contributed by atoms with Gasteiger partial charge in [-0.3, -0.25) is 19.5 Å². The largest absolute Gasteiger partial charge is 0.420 e. The van der Waals surface area contributed by atoms with Crippen LogP contribution in [0.3, 0.4) is 0 Å². The Morgan fingerprint density at radius 2 is 2.08 bits per heavy atom. The van der Waals surface area contributed by atoms with Crippen molar-refractivity contribution in [1.29, 1.82) is 0 Å². The van der Waals surface area contributed by atoms with Gasteiger partial charge in [-0.15, -0.1) is 0 Å². The average molecular weight is 362 g/mol. The number of carbonyl (C=O) groups excluding carboxylic acids is 1. The number of benzene rings is 2. The van der Waals surface area contributed by atoms with E-state index in [9.17, 15) is 19.7 Å². The Morgan fingerprint density at radius 3 is 2.80 bits per heavy atom. The lowest BCUT2D eigenvalue weighted by Gasteiger charge is -2.06. The lowest BCUT2D eigenvalue weighted by Crippen LogP contribution is -2.30. The van der Waals surface area contributed by atoms with Gasteiger partial charge in [-0.25, -0.2) is 4.79 Å². The molecule has 0 atom stereocenters. The summed E-state index contributed by atoms with van der Waals surface area (Å²) in [4.78, 5) is 34.3. The van der Waals surface area contributed by atoms with E-state index in [1.54, 1.807) is 24.3 Å². The van der Waals surface area contributed by atoms with Gasteiger partial charge in [0.2, 0.25) is 5.91 Å². The van der Waals surface area contributed by atoms with Crippen LogP contribution < -0.4 is 11.1 Å². The average Bonchev–Trinajstić information content (AvgIpc) is 2.88. The maximum absolute atomic E-state index is 12.1. The van der Waals surface area contributed by atoms with Crippen LogP contribution in [-0.4, -0.2) is 15.4 Å². The summed E-state index contributed by atoms with van der Waals surface area (Å²) in [5.74, 6) is -1.19. The topological polar surface area (TPSA) is 107 Å². The van der Waals surface area contributed by atoms with E-state index in [4.69, 9.17) is 16.0 Å². The fraction of sp³-hybridized carbons (Fsp3) is 0.125. The quantitative estimate of drug-likeness (QED) is 0.554. The third-order valence-electron chi connectivity index (χ3n) is 3.54. The van der Waals surface area contributed by atoms with Gasteiger partial charge >= 0.3 is 5.76 Å². The molecule has 0 aliphatic heterocycles. The SMILES string of the molecule is O=C(Cn1c(=O)oc2ccc([N+](=O)[O-])cc21)NCc1cccc(Cl)c1. The number of amides is 1. The van der Waals surface area contributed by atoms with Crippen molar-refractivity contribution in [1.82, 2.24) is 9.88 Å². The highest BCUT2D eigenvalue weighted by molar-refractivity contribution is 6.30. The molecule has 1 amide bonds. The highest BCUT2D eigenvalue weighted by Gasteiger charge is 2.16. The molecule has 0 saturated carbocycles. The molecule has 128 valence electrons. The van der Waals surface area contributed by atoms with Gasteiger partial charge in [-0.1, -0.05) is 23.7 Å². The summed E-state index contributed by atoms with van der Waals surface area (Å²) in [6.07, 6.45) is 0. The van der Waals surface area contributed by atoms with Gasteiger partial charge in [0.15, 0.2) is 5.58 Å². The predicted molar refractivity (Wildman–Crippen MR) is 90.4 cm³/mol. The van der Waals surface area contributed by atoms with Crippen LogP contribution in [0.5, 0.6) is 0 Å². The number of nitrogens with one attached hydrogen (secondary N) is 1. The monoisotopic (exact) mass is 361 g/mol. The first kappa shape index (κ1) is 16.7. The van der Waals surface area contributed by atoms with Crippen LogP contribution >= 0.6 is 11.6 Å². The number of oxazole rings is 1. The van der Waals surface area contributed by atoms with Crippen molar-refractivity contribution in [3.63, 3.8) is 0 Å². The van der Waals surface area contributed by atoms with E-state index in [-0.39, 0.29) is 29.9 Å². The van der Waals surface area contributed by atoms with Crippen LogP contribution in [-0.2, 0) is 17.9 Å². The highest BCUT2D eigenvalue weighted by atomic mass is 35.5. The molecule has 9 heteroatoms. The second-order valence-electron chi connectivity index (χ2n) is 5.27. The zero-order valence-electron chi connectivity index (χ0n) is 12.8. The predicted octanol–water partition coefficient (Wildman–Crippen LogP) is 2.47. The number of hydrogen-bond donors (Lipinski definition) is 1. The minimum atomic E-state index is -0.756. The molecule has 0 unspecified atom stereocenters. The van der Waals surface area contributed by atoms with Crippen molar-refractivity contribution in [3.8, 4) is 0 Å². The summed E-state index contributed by atoms with van der Waals surface area (Å²) < 4.78 is 6.05. The van der Waals surface area contributed by atoms with E-state index in [1.807, 2.05) is 0 Å². The number of aromatic nitrogens is 1. The molecule has 0 fully saturated rings. The molecule has 0 aliphatic rings. The molecular formula is C16H12ClN3O5. The van der Waals surface area contributed by atoms with Crippen LogP contribution in [0.25, 0.3) is 11.1 Å². The third-order valence-corrected chi connectivity index (χ3v) is 3.78. The molecule has 3 aromatic rings. The minimum Gasteiger partial charge on any atom is -0.408 e. The molecule has 0 bridgehead atoms. The van der Waals surface area contributed by atoms with Gasteiger partial charge in [-0.05, 0) is 23.8 Å². The molecule has 0 spiro atoms. The lowest BCUT2D eigenvalue weighted by atomic mass is 10.2. The van der Waals surface area contributed by atoms with Crippen LogP contribution in [0.4, 0.5) is 5.69 Å². The summed E-state index contributed by atoms with van der Waals surface area (Å²) in [7, 11) is 0. The summed E-state index contributed by atoms with van der Waals surface area (Å²) in [5.41, 5.74) is 0.984. The van der Waals surface area contributed by atoms with E-state index < -0.39 is 16.6 Å². The highest BCUT2D eigenvalue weighted by Crippen LogP contribution is 2.20. The summed E-state index contributed by atoms with van der Waals surface area (Å²) in [6, 6.07) is 10.8. The fourth-order valence-corrected chi connectivity index (χ4v) is 2.57. The number of nitro groups is 1.